The van der Waals surface area contributed by atoms with Gasteiger partial charge in [0.05, 0.1) is 49.7 Å². The second-order valence-electron chi connectivity index (χ2n) is 20.2. The molecule has 0 aliphatic rings. The molecule has 0 radical (unpaired) electrons. The summed E-state index contributed by atoms with van der Waals surface area (Å²) in [6.45, 7) is 11.9. The van der Waals surface area contributed by atoms with Crippen molar-refractivity contribution in [2.75, 3.05) is 33.0 Å². The molecule has 0 atom stereocenters. The Hall–Kier alpha value is -9.63. The van der Waals surface area contributed by atoms with Crippen LogP contribution in [0.1, 0.15) is 116 Å². The van der Waals surface area contributed by atoms with Crippen LogP contribution < -0.4 is 37.9 Å². The average Bonchev–Trinajstić information content (AvgIpc) is 1.09. The van der Waals surface area contributed by atoms with Crippen molar-refractivity contribution < 1.29 is 66.5 Å². The summed E-state index contributed by atoms with van der Waals surface area (Å²) in [5.74, 6) is 3.27. The van der Waals surface area contributed by atoms with E-state index in [0.29, 0.717) is 95.8 Å². The molecule has 86 heavy (non-hydrogen) atoms. The van der Waals surface area contributed by atoms with E-state index in [1.807, 2.05) is 84.9 Å². The highest BCUT2D eigenvalue weighted by Crippen LogP contribution is 2.38. The fourth-order valence-electron chi connectivity index (χ4n) is 8.93. The van der Waals surface area contributed by atoms with Crippen molar-refractivity contribution in [3.8, 4) is 51.9 Å². The first kappa shape index (κ1) is 62.4. The third kappa shape index (κ3) is 20.0. The van der Waals surface area contributed by atoms with Crippen molar-refractivity contribution in [3.05, 3.63) is 205 Å². The number of carbonyl (C=O) groups excluding carboxylic acids is 4. The van der Waals surface area contributed by atoms with Crippen LogP contribution >= 0.6 is 0 Å². The van der Waals surface area contributed by atoms with Crippen LogP contribution in [-0.2, 0) is 32.3 Å². The van der Waals surface area contributed by atoms with Crippen LogP contribution in [0, 0.1) is 0 Å². The molecule has 15 nitrogen and oxygen atoms in total. The molecule has 0 spiro atoms. The summed E-state index contributed by atoms with van der Waals surface area (Å²) in [5, 5.41) is 2.52. The van der Waals surface area contributed by atoms with E-state index in [1.54, 1.807) is 72.8 Å². The molecule has 0 bridgehead atoms. The molecule has 0 fully saturated rings. The summed E-state index contributed by atoms with van der Waals surface area (Å²) >= 11 is 0. The standard InChI is InChI=1S/C71H73NO14/c1-4-7-8-13-42-77-55-26-32-58(33-27-55)84-69-65-47-61(82-49-51-18-22-53(23-19-51)70(75)85-59-34-28-56(29-35-59)78-43-14-9-11-16-45-80-67(73)5-2)38-40-63(65)64-41-39-62(48-66(64)72-69)83-50-52-20-24-54(25-21-52)71(76)86-60-36-30-57(31-37-60)79-44-15-10-12-17-46-81-68(74)6-3/h5-6,18-41,47-48H,2-4,7-17,42-46,49-50H2,1H3. The van der Waals surface area contributed by atoms with E-state index < -0.39 is 23.9 Å². The normalized spacial score (nSPS) is 10.8. The quantitative estimate of drug-likeness (QED) is 0.0119. The number of nitrogens with zero attached hydrogens (tertiary/aromatic N) is 1. The lowest BCUT2D eigenvalue weighted by Gasteiger charge is -2.14. The summed E-state index contributed by atoms with van der Waals surface area (Å²) in [5.41, 5.74) is 3.14. The van der Waals surface area contributed by atoms with Gasteiger partial charge in [0.1, 0.15) is 59.2 Å². The molecule has 15 heteroatoms. The minimum atomic E-state index is -0.489. The molecular weight excluding hydrogens is 1090 g/mol. The molecule has 8 aromatic rings. The summed E-state index contributed by atoms with van der Waals surface area (Å²) in [7, 11) is 0. The van der Waals surface area contributed by atoms with E-state index in [4.69, 9.17) is 52.4 Å². The summed E-state index contributed by atoms with van der Waals surface area (Å²) in [4.78, 5) is 53.5. The molecule has 0 saturated heterocycles. The number of benzene rings is 7. The van der Waals surface area contributed by atoms with Crippen LogP contribution in [0.3, 0.4) is 0 Å². The molecular formula is C71H73NO14. The minimum Gasteiger partial charge on any atom is -0.494 e. The van der Waals surface area contributed by atoms with Crippen LogP contribution in [0.15, 0.2) is 183 Å². The van der Waals surface area contributed by atoms with E-state index in [1.165, 1.54) is 6.42 Å². The van der Waals surface area contributed by atoms with Gasteiger partial charge < -0.3 is 47.4 Å². The zero-order valence-corrected chi connectivity index (χ0v) is 48.7. The highest BCUT2D eigenvalue weighted by atomic mass is 16.5. The predicted molar refractivity (Wildman–Crippen MR) is 330 cm³/mol. The van der Waals surface area contributed by atoms with Gasteiger partial charge in [0.25, 0.3) is 0 Å². The van der Waals surface area contributed by atoms with Crippen LogP contribution in [-0.4, -0.2) is 61.9 Å². The van der Waals surface area contributed by atoms with Crippen LogP contribution in [0.2, 0.25) is 0 Å². The van der Waals surface area contributed by atoms with Crippen molar-refractivity contribution >= 4 is 45.6 Å². The molecule has 0 aliphatic carbocycles. The summed E-state index contributed by atoms with van der Waals surface area (Å²) < 4.78 is 58.2. The third-order valence-corrected chi connectivity index (χ3v) is 13.7. The molecule has 8 rings (SSSR count). The highest BCUT2D eigenvalue weighted by molar-refractivity contribution is 6.08. The topological polar surface area (TPSA) is 173 Å². The summed E-state index contributed by atoms with van der Waals surface area (Å²) in [6.07, 6.45) is 13.8. The lowest BCUT2D eigenvalue weighted by molar-refractivity contribution is -0.138. The molecule has 1 aromatic heterocycles. The average molecular weight is 1160 g/mol. The Kier molecular flexibility index (Phi) is 24.4. The first-order valence-corrected chi connectivity index (χ1v) is 29.3. The highest BCUT2D eigenvalue weighted by Gasteiger charge is 2.16. The molecule has 0 aliphatic heterocycles. The van der Waals surface area contributed by atoms with Gasteiger partial charge in [-0.3, -0.25) is 0 Å². The molecule has 446 valence electrons. The third-order valence-electron chi connectivity index (χ3n) is 13.7. The first-order chi connectivity index (χ1) is 42.1. The lowest BCUT2D eigenvalue weighted by atomic mass is 10.1. The smallest absolute Gasteiger partial charge is 0.343 e. The minimum absolute atomic E-state index is 0.229. The van der Waals surface area contributed by atoms with E-state index in [-0.39, 0.29) is 13.2 Å². The predicted octanol–water partition coefficient (Wildman–Crippen LogP) is 16.1. The Balaban J connectivity index is 0.853. The van der Waals surface area contributed by atoms with Gasteiger partial charge >= 0.3 is 23.9 Å². The zero-order valence-electron chi connectivity index (χ0n) is 48.7. The SMILES string of the molecule is C=CC(=O)OCCCCCCOc1ccc(OC(=O)c2ccc(COc3ccc4c(c3)nc(Oc3ccc(OCCCCCC)cc3)c3cc(OCc5ccc(C(=O)Oc6ccc(OCCCCCCOC(=O)C=C)cc6)cc5)ccc34)cc2)cc1. The van der Waals surface area contributed by atoms with Gasteiger partial charge in [0.15, 0.2) is 0 Å². The number of hydrogen-bond acceptors (Lipinski definition) is 15. The van der Waals surface area contributed by atoms with Crippen molar-refractivity contribution in [1.82, 2.24) is 4.98 Å². The monoisotopic (exact) mass is 1160 g/mol. The van der Waals surface area contributed by atoms with Crippen LogP contribution in [0.5, 0.6) is 51.9 Å². The maximum atomic E-state index is 13.1. The van der Waals surface area contributed by atoms with Crippen LogP contribution in [0.25, 0.3) is 21.7 Å². The van der Waals surface area contributed by atoms with Gasteiger partial charge in [0, 0.05) is 29.0 Å². The molecule has 7 aromatic carbocycles. The Morgan fingerprint density at radius 2 is 0.767 bits per heavy atom. The second kappa shape index (κ2) is 33.6. The number of aromatic nitrogens is 1. The molecule has 0 N–H and O–H groups in total. The van der Waals surface area contributed by atoms with E-state index in [0.717, 1.165) is 116 Å². The zero-order chi connectivity index (χ0) is 60.1. The van der Waals surface area contributed by atoms with Crippen molar-refractivity contribution in [2.24, 2.45) is 0 Å². The van der Waals surface area contributed by atoms with Gasteiger partial charge in [-0.15, -0.1) is 0 Å². The Bertz CT molecular complexity index is 3470. The van der Waals surface area contributed by atoms with Gasteiger partial charge in [0.2, 0.25) is 5.88 Å². The number of rotatable bonds is 36. The largest absolute Gasteiger partial charge is 0.494 e. The number of fused-ring (bicyclic) bond motifs is 3. The number of pyridine rings is 1. The maximum absolute atomic E-state index is 13.1. The van der Waals surface area contributed by atoms with Gasteiger partial charge in [-0.25, -0.2) is 24.2 Å². The number of carbonyl (C=O) groups is 4. The van der Waals surface area contributed by atoms with Gasteiger partial charge in [-0.2, -0.15) is 0 Å². The number of unbranched alkanes of at least 4 members (excludes halogenated alkanes) is 9. The van der Waals surface area contributed by atoms with E-state index >= 15 is 0 Å². The number of hydrogen-bond donors (Lipinski definition) is 0. The first-order valence-electron chi connectivity index (χ1n) is 29.3. The summed E-state index contributed by atoms with van der Waals surface area (Å²) in [6, 6.07) is 47.1. The Morgan fingerprint density at radius 1 is 0.384 bits per heavy atom. The van der Waals surface area contributed by atoms with E-state index in [9.17, 15) is 19.2 Å². The molecule has 0 unspecified atom stereocenters. The molecule has 0 saturated carbocycles. The fraction of sp³-hybridized carbons (Fsp3) is 0.282. The Morgan fingerprint density at radius 3 is 1.21 bits per heavy atom. The van der Waals surface area contributed by atoms with Crippen LogP contribution in [0.4, 0.5) is 0 Å². The molecule has 1 heterocycles. The van der Waals surface area contributed by atoms with Crippen molar-refractivity contribution in [2.45, 2.75) is 97.2 Å². The Labute approximate surface area is 502 Å². The maximum Gasteiger partial charge on any atom is 0.343 e. The second-order valence-corrected chi connectivity index (χ2v) is 20.2. The van der Waals surface area contributed by atoms with Gasteiger partial charge in [-0.05, 0) is 202 Å². The van der Waals surface area contributed by atoms with E-state index in [2.05, 4.69) is 20.1 Å². The molecule has 0 amide bonds. The number of esters is 4. The van der Waals surface area contributed by atoms with Crippen molar-refractivity contribution in [3.63, 3.8) is 0 Å². The fourth-order valence-corrected chi connectivity index (χ4v) is 8.93. The van der Waals surface area contributed by atoms with Crippen molar-refractivity contribution in [1.29, 1.82) is 0 Å². The lowest BCUT2D eigenvalue weighted by Crippen LogP contribution is -2.08. The number of ether oxygens (including phenoxy) is 10. The van der Waals surface area contributed by atoms with Gasteiger partial charge in [-0.1, -0.05) is 63.6 Å².